The molecule has 2 nitrogen and oxygen atoms in total. The molecule has 112 valence electrons. The molecule has 2 rings (SSSR count). The number of nitrogens with two attached hydrogens (primary N) is 1. The van der Waals surface area contributed by atoms with Gasteiger partial charge < -0.3 is 10.5 Å². The van der Waals surface area contributed by atoms with E-state index in [9.17, 15) is 22.0 Å². The topological polar surface area (TPSA) is 35.2 Å². The van der Waals surface area contributed by atoms with Crippen LogP contribution in [0.1, 0.15) is 0 Å². The summed E-state index contributed by atoms with van der Waals surface area (Å²) in [5.41, 5.74) is 5.47. The zero-order chi connectivity index (χ0) is 15.6. The maximum atomic E-state index is 13.5. The minimum Gasteiger partial charge on any atom is -0.432 e. The van der Waals surface area contributed by atoms with E-state index in [2.05, 4.69) is 4.74 Å². The van der Waals surface area contributed by atoms with E-state index in [0.717, 1.165) is 36.0 Å². The Morgan fingerprint density at radius 1 is 0.952 bits per heavy atom. The van der Waals surface area contributed by atoms with Gasteiger partial charge >= 0.3 is 6.61 Å². The Balaban J connectivity index is 2.34. The first-order chi connectivity index (χ1) is 9.86. The summed E-state index contributed by atoms with van der Waals surface area (Å²) in [6.07, 6.45) is 0. The molecule has 8 heteroatoms. The van der Waals surface area contributed by atoms with Crippen molar-refractivity contribution in [3.05, 3.63) is 47.8 Å². The zero-order valence-electron chi connectivity index (χ0n) is 10.2. The molecule has 0 aromatic heterocycles. The molecule has 21 heavy (non-hydrogen) atoms. The number of halogens is 5. The van der Waals surface area contributed by atoms with Gasteiger partial charge in [-0.25, -0.2) is 13.2 Å². The number of benzene rings is 2. The Morgan fingerprint density at radius 3 is 2.29 bits per heavy atom. The van der Waals surface area contributed by atoms with Crippen LogP contribution >= 0.6 is 11.8 Å². The molecular weight excluding hydrogens is 313 g/mol. The van der Waals surface area contributed by atoms with Crippen LogP contribution in [0.3, 0.4) is 0 Å². The molecule has 2 aromatic rings. The first kappa shape index (κ1) is 15.4. The zero-order valence-corrected chi connectivity index (χ0v) is 11.1. The summed E-state index contributed by atoms with van der Waals surface area (Å²) in [5, 5.41) is 0. The highest BCUT2D eigenvalue weighted by molar-refractivity contribution is 7.99. The fourth-order valence-corrected chi connectivity index (χ4v) is 2.37. The molecule has 0 amide bonds. The summed E-state index contributed by atoms with van der Waals surface area (Å²) in [5.74, 6) is -3.37. The van der Waals surface area contributed by atoms with E-state index in [1.54, 1.807) is 0 Å². The molecule has 0 aliphatic rings. The van der Waals surface area contributed by atoms with E-state index < -0.39 is 29.8 Å². The maximum absolute atomic E-state index is 13.5. The van der Waals surface area contributed by atoms with Crippen molar-refractivity contribution in [3.8, 4) is 5.75 Å². The largest absolute Gasteiger partial charge is 0.432 e. The molecule has 0 atom stereocenters. The van der Waals surface area contributed by atoms with Crippen LogP contribution in [0.25, 0.3) is 0 Å². The van der Waals surface area contributed by atoms with Gasteiger partial charge in [-0.15, -0.1) is 0 Å². The van der Waals surface area contributed by atoms with Crippen molar-refractivity contribution in [1.29, 1.82) is 0 Å². The Labute approximate surface area is 120 Å². The Bertz CT molecular complexity index is 665. The van der Waals surface area contributed by atoms with E-state index >= 15 is 0 Å². The summed E-state index contributed by atoms with van der Waals surface area (Å²) < 4.78 is 68.0. The number of nitrogen functional groups attached to an aromatic ring is 1. The fraction of sp³-hybridized carbons (Fsp3) is 0.0769. The van der Waals surface area contributed by atoms with Crippen LogP contribution in [0.2, 0.25) is 0 Å². The molecule has 0 aliphatic carbocycles. The van der Waals surface area contributed by atoms with E-state index in [0.29, 0.717) is 6.07 Å². The molecule has 0 unspecified atom stereocenters. The van der Waals surface area contributed by atoms with Crippen LogP contribution in [0, 0.1) is 17.5 Å². The summed E-state index contributed by atoms with van der Waals surface area (Å²) in [6.45, 7) is -3.21. The van der Waals surface area contributed by atoms with Gasteiger partial charge in [0.15, 0.2) is 11.6 Å². The van der Waals surface area contributed by atoms with Crippen molar-refractivity contribution >= 4 is 17.4 Å². The van der Waals surface area contributed by atoms with Gasteiger partial charge in [0.1, 0.15) is 11.6 Å². The van der Waals surface area contributed by atoms with Gasteiger partial charge in [-0.05, 0) is 18.2 Å². The molecule has 0 saturated carbocycles. The van der Waals surface area contributed by atoms with Crippen LogP contribution in [0.5, 0.6) is 5.75 Å². The predicted molar refractivity (Wildman–Crippen MR) is 67.9 cm³/mol. The summed E-state index contributed by atoms with van der Waals surface area (Å²) >= 11 is 0.741. The van der Waals surface area contributed by atoms with Crippen LogP contribution in [0.4, 0.5) is 27.6 Å². The molecule has 0 bridgehead atoms. The summed E-state index contributed by atoms with van der Waals surface area (Å²) in [7, 11) is 0. The van der Waals surface area contributed by atoms with Gasteiger partial charge in [-0.1, -0.05) is 11.8 Å². The summed E-state index contributed by atoms with van der Waals surface area (Å²) in [4.78, 5) is 0.121. The van der Waals surface area contributed by atoms with Gasteiger partial charge in [-0.2, -0.15) is 8.78 Å². The fourth-order valence-electron chi connectivity index (χ4n) is 1.50. The molecule has 0 radical (unpaired) electrons. The number of anilines is 1. The molecule has 0 spiro atoms. The van der Waals surface area contributed by atoms with Gasteiger partial charge in [0, 0.05) is 27.6 Å². The van der Waals surface area contributed by atoms with Crippen LogP contribution in [-0.2, 0) is 0 Å². The molecule has 0 heterocycles. The van der Waals surface area contributed by atoms with Crippen LogP contribution in [0.15, 0.2) is 40.1 Å². The van der Waals surface area contributed by atoms with Crippen molar-refractivity contribution in [2.75, 3.05) is 5.73 Å². The second-order valence-corrected chi connectivity index (χ2v) is 4.96. The first-order valence-corrected chi connectivity index (χ1v) is 6.35. The lowest BCUT2D eigenvalue weighted by Crippen LogP contribution is -2.04. The van der Waals surface area contributed by atoms with Gasteiger partial charge in [-0.3, -0.25) is 0 Å². The Hall–Kier alpha value is -1.96. The van der Waals surface area contributed by atoms with Gasteiger partial charge in [0.25, 0.3) is 0 Å². The van der Waals surface area contributed by atoms with E-state index in [-0.39, 0.29) is 15.5 Å². The average Bonchev–Trinajstić information content (AvgIpc) is 2.37. The lowest BCUT2D eigenvalue weighted by atomic mass is 10.3. The van der Waals surface area contributed by atoms with Gasteiger partial charge in [0.05, 0.1) is 0 Å². The third kappa shape index (κ3) is 3.78. The number of hydrogen-bond acceptors (Lipinski definition) is 3. The normalized spacial score (nSPS) is 11.0. The van der Waals surface area contributed by atoms with Crippen LogP contribution < -0.4 is 10.5 Å². The van der Waals surface area contributed by atoms with E-state index in [1.165, 1.54) is 0 Å². The number of hydrogen-bond donors (Lipinski definition) is 1. The number of alkyl halides is 2. The second kappa shape index (κ2) is 6.21. The summed E-state index contributed by atoms with van der Waals surface area (Å²) in [6, 6.07) is 4.58. The van der Waals surface area contributed by atoms with Crippen LogP contribution in [-0.4, -0.2) is 6.61 Å². The highest BCUT2D eigenvalue weighted by Gasteiger charge is 2.15. The highest BCUT2D eigenvalue weighted by Crippen LogP contribution is 2.37. The van der Waals surface area contributed by atoms with Crippen molar-refractivity contribution in [1.82, 2.24) is 0 Å². The minimum atomic E-state index is -3.21. The third-order valence-electron chi connectivity index (χ3n) is 2.39. The highest BCUT2D eigenvalue weighted by atomic mass is 32.2. The van der Waals surface area contributed by atoms with E-state index in [4.69, 9.17) is 5.73 Å². The Kier molecular flexibility index (Phi) is 4.56. The lowest BCUT2D eigenvalue weighted by Gasteiger charge is -2.11. The lowest BCUT2D eigenvalue weighted by molar-refractivity contribution is -0.0523. The molecule has 2 N–H and O–H groups in total. The second-order valence-electron chi connectivity index (χ2n) is 3.88. The van der Waals surface area contributed by atoms with Gasteiger partial charge in [0.2, 0.25) is 0 Å². The smallest absolute Gasteiger partial charge is 0.387 e. The molecule has 0 aliphatic heterocycles. The van der Waals surface area contributed by atoms with Crippen molar-refractivity contribution in [2.24, 2.45) is 0 Å². The molecule has 2 aromatic carbocycles. The number of ether oxygens (including phenoxy) is 1. The molecule has 0 saturated heterocycles. The monoisotopic (exact) mass is 321 g/mol. The quantitative estimate of drug-likeness (QED) is 0.668. The predicted octanol–water partition coefficient (Wildman–Crippen LogP) is 4.44. The minimum absolute atomic E-state index is 0.0118. The first-order valence-electron chi connectivity index (χ1n) is 5.53. The SMILES string of the molecule is Nc1cc(F)c(OC(F)F)cc1Sc1ccc(F)cc1F. The number of rotatable bonds is 4. The van der Waals surface area contributed by atoms with Crippen molar-refractivity contribution in [2.45, 2.75) is 16.4 Å². The molecular formula is C13H8F5NOS. The average molecular weight is 321 g/mol. The standard InChI is InChI=1S/C13H8F5NOS/c14-6-1-2-11(8(16)3-6)21-12-5-10(20-13(17)18)7(15)4-9(12)19/h1-5,13H,19H2. The van der Waals surface area contributed by atoms with E-state index in [1.807, 2.05) is 0 Å². The maximum Gasteiger partial charge on any atom is 0.387 e. The Morgan fingerprint density at radius 2 is 1.67 bits per heavy atom. The molecule has 0 fully saturated rings. The van der Waals surface area contributed by atoms with Crippen molar-refractivity contribution < 1.29 is 26.7 Å². The van der Waals surface area contributed by atoms with Crippen molar-refractivity contribution in [3.63, 3.8) is 0 Å². The third-order valence-corrected chi connectivity index (χ3v) is 3.52.